The van der Waals surface area contributed by atoms with Crippen molar-refractivity contribution in [2.24, 2.45) is 0 Å². The van der Waals surface area contributed by atoms with Gasteiger partial charge in [-0.15, -0.1) is 5.10 Å². The van der Waals surface area contributed by atoms with Crippen molar-refractivity contribution in [2.75, 3.05) is 19.8 Å². The molecule has 1 aromatic rings. The van der Waals surface area contributed by atoms with Gasteiger partial charge >= 0.3 is 47.9 Å². The number of aryl methyl sites for hydroxylation is 1. The molecular formula is C36H55FN10O17. The summed E-state index contributed by atoms with van der Waals surface area (Å²) in [7, 11) is 0. The SMILES string of the molecule is O=C(O)CCC(NC(=O)N[C@@H](CCCCNC(=O)[C@H](CCC(=O)NCCCC[C@H](NC(=O)N[C@@H](CCC(=O)O)C(=O)O)C(=O)O)NC(=O)Cn1cc(CCCF)nn1)C(=O)O)C(=O)O. The van der Waals surface area contributed by atoms with Crippen LogP contribution < -0.4 is 37.2 Å². The second-order valence-electron chi connectivity index (χ2n) is 14.2. The first kappa shape index (κ1) is 54.9. The van der Waals surface area contributed by atoms with Crippen LogP contribution in [-0.2, 0) is 56.1 Å². The number of aromatic nitrogens is 3. The van der Waals surface area contributed by atoms with Crippen molar-refractivity contribution < 1.29 is 87.8 Å². The smallest absolute Gasteiger partial charge is 0.326 e. The van der Waals surface area contributed by atoms with Gasteiger partial charge < -0.3 is 67.9 Å². The van der Waals surface area contributed by atoms with Crippen molar-refractivity contribution in [3.05, 3.63) is 11.9 Å². The average Bonchev–Trinajstić information content (AvgIpc) is 3.66. The van der Waals surface area contributed by atoms with E-state index in [4.69, 9.17) is 10.2 Å². The molecule has 0 aromatic carbocycles. The van der Waals surface area contributed by atoms with E-state index >= 15 is 0 Å². The first-order valence-corrected chi connectivity index (χ1v) is 20.0. The maximum Gasteiger partial charge on any atom is 0.326 e. The summed E-state index contributed by atoms with van der Waals surface area (Å²) in [5, 5.41) is 78.6. The lowest BCUT2D eigenvalue weighted by Crippen LogP contribution is -2.51. The van der Waals surface area contributed by atoms with Crippen LogP contribution in [0.15, 0.2) is 6.20 Å². The van der Waals surface area contributed by atoms with Gasteiger partial charge in [-0.25, -0.2) is 33.4 Å². The Hall–Kier alpha value is -7.16. The predicted molar refractivity (Wildman–Crippen MR) is 212 cm³/mol. The second-order valence-corrected chi connectivity index (χ2v) is 14.2. The Labute approximate surface area is 363 Å². The molecule has 13 N–H and O–H groups in total. The van der Waals surface area contributed by atoms with Crippen LogP contribution in [0.25, 0.3) is 0 Å². The van der Waals surface area contributed by atoms with Crippen LogP contribution in [0.3, 0.4) is 0 Å². The molecule has 0 saturated heterocycles. The van der Waals surface area contributed by atoms with E-state index in [1.54, 1.807) is 0 Å². The van der Waals surface area contributed by atoms with Crippen LogP contribution in [0.4, 0.5) is 14.0 Å². The van der Waals surface area contributed by atoms with Crippen molar-refractivity contribution in [3.8, 4) is 0 Å². The Balaban J connectivity index is 2.76. The fourth-order valence-electron chi connectivity index (χ4n) is 5.59. The van der Waals surface area contributed by atoms with Gasteiger partial charge in [-0.2, -0.15) is 0 Å². The first-order valence-electron chi connectivity index (χ1n) is 20.0. The fraction of sp³-hybridized carbons (Fsp3) is 0.639. The summed E-state index contributed by atoms with van der Waals surface area (Å²) in [5.74, 6) is -10.5. The number of carboxylic acids is 6. The highest BCUT2D eigenvalue weighted by Gasteiger charge is 2.27. The highest BCUT2D eigenvalue weighted by atomic mass is 19.1. The number of nitrogens with zero attached hydrogens (tertiary/aromatic N) is 3. The van der Waals surface area contributed by atoms with Crippen molar-refractivity contribution in [1.29, 1.82) is 0 Å². The molecule has 0 bridgehead atoms. The van der Waals surface area contributed by atoms with Crippen molar-refractivity contribution in [1.82, 2.24) is 52.2 Å². The summed E-state index contributed by atoms with van der Waals surface area (Å²) in [5.41, 5.74) is 0.427. The van der Waals surface area contributed by atoms with Crippen molar-refractivity contribution in [2.45, 2.75) is 127 Å². The fourth-order valence-corrected chi connectivity index (χ4v) is 5.59. The van der Waals surface area contributed by atoms with Gasteiger partial charge in [0.25, 0.3) is 0 Å². The van der Waals surface area contributed by atoms with E-state index in [0.717, 1.165) is 0 Å². The minimum absolute atomic E-state index is 0.0343. The minimum Gasteiger partial charge on any atom is -0.481 e. The largest absolute Gasteiger partial charge is 0.481 e. The number of unbranched alkanes of at least 4 members (excludes halogenated alkanes) is 2. The summed E-state index contributed by atoms with van der Waals surface area (Å²) in [6, 6.07) is -9.69. The number of rotatable bonds is 34. The molecule has 28 heteroatoms. The van der Waals surface area contributed by atoms with Gasteiger partial charge in [0.2, 0.25) is 17.7 Å². The van der Waals surface area contributed by atoms with E-state index in [9.17, 15) is 77.6 Å². The lowest BCUT2D eigenvalue weighted by Gasteiger charge is -2.19. The highest BCUT2D eigenvalue weighted by molar-refractivity contribution is 5.89. The monoisotopic (exact) mass is 918 g/mol. The summed E-state index contributed by atoms with van der Waals surface area (Å²) >= 11 is 0. The molecule has 1 rings (SSSR count). The van der Waals surface area contributed by atoms with Crippen LogP contribution in [0.5, 0.6) is 0 Å². The van der Waals surface area contributed by atoms with E-state index in [1.807, 2.05) is 10.6 Å². The molecule has 0 fully saturated rings. The Bertz CT molecular complexity index is 1780. The quantitative estimate of drug-likeness (QED) is 0.0338. The molecule has 0 saturated carbocycles. The van der Waals surface area contributed by atoms with Gasteiger partial charge in [0.1, 0.15) is 36.8 Å². The minimum atomic E-state index is -1.60. The second kappa shape index (κ2) is 30.0. The van der Waals surface area contributed by atoms with Gasteiger partial charge in [-0.3, -0.25) is 28.4 Å². The number of hydrogen-bond acceptors (Lipinski definition) is 13. The van der Waals surface area contributed by atoms with Gasteiger partial charge in [0, 0.05) is 38.5 Å². The average molecular weight is 919 g/mol. The normalized spacial score (nSPS) is 13.1. The highest BCUT2D eigenvalue weighted by Crippen LogP contribution is 2.07. The molecule has 0 aliphatic rings. The molecule has 27 nitrogen and oxygen atoms in total. The molecule has 0 radical (unpaired) electrons. The Morgan fingerprint density at radius 3 is 1.41 bits per heavy atom. The van der Waals surface area contributed by atoms with E-state index in [1.165, 1.54) is 10.9 Å². The first-order chi connectivity index (χ1) is 30.2. The third-order valence-corrected chi connectivity index (χ3v) is 8.94. The standard InChI is InChI=1S/C36H55FN10O17/c37-15-5-6-20-18-47(46-45-20)19-27(49)40-21(30(54)39-17-4-2-8-23(32(57)58)42-36(64)44-25(34(61)62)11-14-29(52)53)9-12-26(48)38-16-3-1-7-22(31(55)56)41-35(63)43-24(33(59)60)10-13-28(50)51/h18,21-25H,1-17,19H2,(H,38,48)(H,39,54)(H,40,49)(H,50,51)(H,52,53)(H,55,56)(H,57,58)(H,59,60)(H,61,62)(H2,41,43,63)(H2,42,44,64)/t21-,22-,23-,24-,25?/m0/s1. The molecule has 1 unspecified atom stereocenters. The van der Waals surface area contributed by atoms with Gasteiger partial charge in [0.05, 0.1) is 12.4 Å². The van der Waals surface area contributed by atoms with Crippen LogP contribution in [0.2, 0.25) is 0 Å². The number of aliphatic carboxylic acids is 6. The predicted octanol–water partition coefficient (Wildman–Crippen LogP) is -1.84. The number of carbonyl (C=O) groups excluding carboxylic acids is 5. The number of nitrogens with one attached hydrogen (secondary N) is 7. The molecular weight excluding hydrogens is 863 g/mol. The third kappa shape index (κ3) is 24.3. The maximum atomic E-state index is 13.2. The molecule has 64 heavy (non-hydrogen) atoms. The molecule has 1 heterocycles. The molecule has 0 aliphatic heterocycles. The Morgan fingerprint density at radius 1 is 0.531 bits per heavy atom. The number of hydrogen-bond donors (Lipinski definition) is 13. The molecule has 5 atom stereocenters. The zero-order valence-corrected chi connectivity index (χ0v) is 34.6. The Kier molecular flexibility index (Phi) is 25.7. The number of carboxylic acid groups (broad SMARTS) is 6. The van der Waals surface area contributed by atoms with Crippen LogP contribution >= 0.6 is 0 Å². The van der Waals surface area contributed by atoms with Gasteiger partial charge in [0.15, 0.2) is 0 Å². The lowest BCUT2D eigenvalue weighted by atomic mass is 10.1. The summed E-state index contributed by atoms with van der Waals surface area (Å²) in [6.07, 6.45) is -0.265. The molecule has 7 amide bonds. The maximum absolute atomic E-state index is 13.2. The number of carbonyl (C=O) groups is 11. The summed E-state index contributed by atoms with van der Waals surface area (Å²) < 4.78 is 13.7. The van der Waals surface area contributed by atoms with Crippen LogP contribution in [-0.4, -0.2) is 161 Å². The third-order valence-electron chi connectivity index (χ3n) is 8.94. The topological polar surface area (TPSA) is 424 Å². The zero-order valence-electron chi connectivity index (χ0n) is 34.6. The number of amides is 7. The molecule has 1 aromatic heterocycles. The molecule has 0 spiro atoms. The van der Waals surface area contributed by atoms with Gasteiger partial charge in [-0.05, 0) is 70.6 Å². The molecule has 358 valence electrons. The van der Waals surface area contributed by atoms with Crippen molar-refractivity contribution in [3.63, 3.8) is 0 Å². The molecule has 0 aliphatic carbocycles. The van der Waals surface area contributed by atoms with E-state index in [0.29, 0.717) is 5.69 Å². The number of alkyl halides is 1. The number of urea groups is 2. The summed E-state index contributed by atoms with van der Waals surface area (Å²) in [4.78, 5) is 131. The zero-order chi connectivity index (χ0) is 48.2. The van der Waals surface area contributed by atoms with E-state index in [-0.39, 0.29) is 83.8 Å². The van der Waals surface area contributed by atoms with Gasteiger partial charge in [-0.1, -0.05) is 5.21 Å². The van der Waals surface area contributed by atoms with Crippen LogP contribution in [0, 0.1) is 0 Å². The van der Waals surface area contributed by atoms with Crippen LogP contribution in [0.1, 0.15) is 89.2 Å². The van der Waals surface area contributed by atoms with E-state index < -0.39 is 128 Å². The van der Waals surface area contributed by atoms with Crippen molar-refractivity contribution >= 4 is 65.6 Å². The Morgan fingerprint density at radius 2 is 0.969 bits per heavy atom. The van der Waals surface area contributed by atoms with E-state index in [2.05, 4.69) is 36.9 Å². The lowest BCUT2D eigenvalue weighted by molar-refractivity contribution is -0.142. The summed E-state index contributed by atoms with van der Waals surface area (Å²) in [6.45, 7) is -0.987. The number of halogens is 1.